The fourth-order valence-corrected chi connectivity index (χ4v) is 5.65. The standard InChI is InChI=1S/C15H27N3/c1-11(2)18-5-12-3-13(18)4-17(12)10-15-6-14(7-15,8-15)9-16/h11-13H,3-10,16H2,1-2H3/t12-,13-,14?,15?/m0/s1. The van der Waals surface area contributed by atoms with Crippen molar-refractivity contribution in [1.29, 1.82) is 0 Å². The third-order valence-corrected chi connectivity index (χ3v) is 6.28. The topological polar surface area (TPSA) is 32.5 Å². The van der Waals surface area contributed by atoms with Crippen LogP contribution in [0, 0.1) is 10.8 Å². The van der Waals surface area contributed by atoms with Crippen molar-refractivity contribution in [3.05, 3.63) is 0 Å². The van der Waals surface area contributed by atoms with Gasteiger partial charge < -0.3 is 5.73 Å². The first-order valence-electron chi connectivity index (χ1n) is 7.75. The van der Waals surface area contributed by atoms with E-state index in [1.807, 2.05) is 0 Å². The minimum absolute atomic E-state index is 0.600. The van der Waals surface area contributed by atoms with Crippen LogP contribution in [0.15, 0.2) is 0 Å². The van der Waals surface area contributed by atoms with Crippen LogP contribution in [0.3, 0.4) is 0 Å². The number of hydrogen-bond acceptors (Lipinski definition) is 3. The maximum atomic E-state index is 5.86. The van der Waals surface area contributed by atoms with E-state index in [9.17, 15) is 0 Å². The highest BCUT2D eigenvalue weighted by Gasteiger charge is 2.67. The van der Waals surface area contributed by atoms with E-state index < -0.39 is 0 Å². The highest BCUT2D eigenvalue weighted by molar-refractivity contribution is 5.19. The number of nitrogens with two attached hydrogens (primary N) is 1. The lowest BCUT2D eigenvalue weighted by Crippen LogP contribution is -2.68. The number of fused-ring (bicyclic) bond motifs is 2. The van der Waals surface area contributed by atoms with Crippen LogP contribution in [0.2, 0.25) is 0 Å². The zero-order chi connectivity index (χ0) is 12.5. The summed E-state index contributed by atoms with van der Waals surface area (Å²) in [6.45, 7) is 9.65. The maximum Gasteiger partial charge on any atom is 0.0242 e. The molecule has 3 nitrogen and oxygen atoms in total. The van der Waals surface area contributed by atoms with Gasteiger partial charge in [0.15, 0.2) is 0 Å². The number of hydrogen-bond donors (Lipinski definition) is 1. The van der Waals surface area contributed by atoms with Crippen molar-refractivity contribution in [1.82, 2.24) is 9.80 Å². The van der Waals surface area contributed by atoms with Crippen LogP contribution < -0.4 is 5.73 Å². The highest BCUT2D eigenvalue weighted by atomic mass is 15.4. The Bertz CT molecular complexity index is 345. The summed E-state index contributed by atoms with van der Waals surface area (Å²) in [4.78, 5) is 5.52. The number of piperazine rings is 1. The van der Waals surface area contributed by atoms with Crippen molar-refractivity contribution in [3.8, 4) is 0 Å². The summed E-state index contributed by atoms with van der Waals surface area (Å²) in [7, 11) is 0. The van der Waals surface area contributed by atoms with Gasteiger partial charge in [0.2, 0.25) is 0 Å². The zero-order valence-corrected chi connectivity index (χ0v) is 11.9. The molecule has 5 rings (SSSR count). The van der Waals surface area contributed by atoms with Crippen LogP contribution in [-0.2, 0) is 0 Å². The van der Waals surface area contributed by atoms with Gasteiger partial charge >= 0.3 is 0 Å². The zero-order valence-electron chi connectivity index (χ0n) is 11.9. The molecule has 0 unspecified atom stereocenters. The smallest absolute Gasteiger partial charge is 0.0242 e. The van der Waals surface area contributed by atoms with E-state index in [2.05, 4.69) is 23.6 Å². The second kappa shape index (κ2) is 3.50. The minimum Gasteiger partial charge on any atom is -0.330 e. The molecule has 2 atom stereocenters. The Morgan fingerprint density at radius 2 is 1.83 bits per heavy atom. The summed E-state index contributed by atoms with van der Waals surface area (Å²) >= 11 is 0. The van der Waals surface area contributed by atoms with Crippen molar-refractivity contribution in [2.24, 2.45) is 16.6 Å². The van der Waals surface area contributed by atoms with Gasteiger partial charge in [-0.05, 0) is 56.9 Å². The second-order valence-electron chi connectivity index (χ2n) is 8.00. The predicted octanol–water partition coefficient (Wildman–Crippen LogP) is 1.28. The van der Waals surface area contributed by atoms with E-state index in [0.717, 1.165) is 24.7 Å². The molecule has 102 valence electrons. The van der Waals surface area contributed by atoms with E-state index in [0.29, 0.717) is 10.8 Å². The van der Waals surface area contributed by atoms with E-state index >= 15 is 0 Å². The molecule has 0 aromatic carbocycles. The minimum atomic E-state index is 0.600. The summed E-state index contributed by atoms with van der Waals surface area (Å²) in [6, 6.07) is 2.45. The van der Waals surface area contributed by atoms with Crippen molar-refractivity contribution >= 4 is 0 Å². The number of likely N-dealkylation sites (tertiary alicyclic amines) is 2. The summed E-state index contributed by atoms with van der Waals surface area (Å²) in [5.74, 6) is 0. The van der Waals surface area contributed by atoms with Crippen LogP contribution >= 0.6 is 0 Å². The maximum absolute atomic E-state index is 5.86. The van der Waals surface area contributed by atoms with Crippen LogP contribution in [0.5, 0.6) is 0 Å². The average Bonchev–Trinajstić information content (AvgIpc) is 2.79. The first-order valence-corrected chi connectivity index (χ1v) is 7.75. The molecule has 3 aliphatic carbocycles. The highest BCUT2D eigenvalue weighted by Crippen LogP contribution is 2.73. The Balaban J connectivity index is 1.35. The fourth-order valence-electron chi connectivity index (χ4n) is 5.65. The Morgan fingerprint density at radius 3 is 2.33 bits per heavy atom. The monoisotopic (exact) mass is 249 g/mol. The van der Waals surface area contributed by atoms with Crippen molar-refractivity contribution < 1.29 is 0 Å². The first-order chi connectivity index (χ1) is 8.55. The molecule has 4 bridgehead atoms. The van der Waals surface area contributed by atoms with Crippen LogP contribution in [0.4, 0.5) is 0 Å². The fraction of sp³-hybridized carbons (Fsp3) is 1.00. The molecule has 5 aliphatic rings. The van der Waals surface area contributed by atoms with Crippen LogP contribution in [0.1, 0.15) is 39.5 Å². The molecular formula is C15H27N3. The molecule has 0 aromatic heterocycles. The van der Waals surface area contributed by atoms with Gasteiger partial charge in [0, 0.05) is 37.8 Å². The van der Waals surface area contributed by atoms with Gasteiger partial charge in [0.25, 0.3) is 0 Å². The SMILES string of the molecule is CC(C)N1C[C@@H]2C[C@H]1CN2CC12CC(CN)(C1)C2. The molecule has 2 N–H and O–H groups in total. The average molecular weight is 249 g/mol. The molecule has 3 saturated carbocycles. The Hall–Kier alpha value is -0.120. The summed E-state index contributed by atoms with van der Waals surface area (Å²) in [6.07, 6.45) is 5.71. The van der Waals surface area contributed by atoms with Gasteiger partial charge in [-0.3, -0.25) is 9.80 Å². The molecule has 18 heavy (non-hydrogen) atoms. The quantitative estimate of drug-likeness (QED) is 0.815. The van der Waals surface area contributed by atoms with Crippen molar-refractivity contribution in [3.63, 3.8) is 0 Å². The molecule has 2 saturated heterocycles. The summed E-state index contributed by atoms with van der Waals surface area (Å²) < 4.78 is 0. The molecule has 3 heteroatoms. The molecule has 0 aromatic rings. The van der Waals surface area contributed by atoms with E-state index in [4.69, 9.17) is 5.73 Å². The molecule has 0 radical (unpaired) electrons. The lowest BCUT2D eigenvalue weighted by atomic mass is 9.35. The molecule has 2 heterocycles. The molecule has 2 aliphatic heterocycles. The molecule has 5 fully saturated rings. The van der Waals surface area contributed by atoms with Gasteiger partial charge in [-0.1, -0.05) is 0 Å². The lowest BCUT2D eigenvalue weighted by molar-refractivity contribution is -0.208. The Kier molecular flexibility index (Phi) is 2.27. The second-order valence-corrected chi connectivity index (χ2v) is 8.00. The van der Waals surface area contributed by atoms with Crippen LogP contribution in [-0.4, -0.2) is 54.1 Å². The molecule has 0 spiro atoms. The number of rotatable bonds is 4. The number of nitrogens with zero attached hydrogens (tertiary/aromatic N) is 2. The van der Waals surface area contributed by atoms with Crippen LogP contribution in [0.25, 0.3) is 0 Å². The van der Waals surface area contributed by atoms with E-state index in [1.165, 1.54) is 45.3 Å². The summed E-state index contributed by atoms with van der Waals surface area (Å²) in [5, 5.41) is 0. The lowest BCUT2D eigenvalue weighted by Gasteiger charge is -2.72. The molecule has 0 amide bonds. The van der Waals surface area contributed by atoms with Crippen molar-refractivity contribution in [2.75, 3.05) is 26.2 Å². The van der Waals surface area contributed by atoms with E-state index in [1.54, 1.807) is 0 Å². The summed E-state index contributed by atoms with van der Waals surface area (Å²) in [5.41, 5.74) is 7.17. The van der Waals surface area contributed by atoms with Gasteiger partial charge in [-0.2, -0.15) is 0 Å². The Morgan fingerprint density at radius 1 is 1.11 bits per heavy atom. The van der Waals surface area contributed by atoms with Gasteiger partial charge in [-0.25, -0.2) is 0 Å². The normalized spacial score (nSPS) is 50.7. The Labute approximate surface area is 111 Å². The van der Waals surface area contributed by atoms with Crippen molar-refractivity contribution in [2.45, 2.75) is 57.7 Å². The van der Waals surface area contributed by atoms with Gasteiger partial charge in [0.1, 0.15) is 0 Å². The first kappa shape index (κ1) is 11.7. The predicted molar refractivity (Wildman–Crippen MR) is 73.4 cm³/mol. The van der Waals surface area contributed by atoms with E-state index in [-0.39, 0.29) is 0 Å². The largest absolute Gasteiger partial charge is 0.330 e. The third-order valence-electron chi connectivity index (χ3n) is 6.28. The van der Waals surface area contributed by atoms with Gasteiger partial charge in [-0.15, -0.1) is 0 Å². The van der Waals surface area contributed by atoms with Gasteiger partial charge in [0.05, 0.1) is 0 Å². The third kappa shape index (κ3) is 1.41. The molecular weight excluding hydrogens is 222 g/mol.